The first kappa shape index (κ1) is 22.7. The summed E-state index contributed by atoms with van der Waals surface area (Å²) in [6.45, 7) is 3.17. The molecule has 1 atom stereocenters. The van der Waals surface area contributed by atoms with E-state index >= 15 is 0 Å². The molecule has 1 unspecified atom stereocenters. The van der Waals surface area contributed by atoms with Crippen LogP contribution >= 0.6 is 0 Å². The number of amides is 1. The molecule has 0 aromatic heterocycles. The lowest BCUT2D eigenvalue weighted by atomic mass is 9.74. The molecule has 0 aliphatic carbocycles. The molecule has 2 heterocycles. The average Bonchev–Trinajstić information content (AvgIpc) is 2.80. The SMILES string of the molecule is COc1ccc(F)cc1-c1cccc(CC2(C(=O)NC3CCCN(C)C3)CCOCC2)c1. The summed E-state index contributed by atoms with van der Waals surface area (Å²) < 4.78 is 25.0. The summed E-state index contributed by atoms with van der Waals surface area (Å²) in [5, 5.41) is 3.35. The first-order valence-corrected chi connectivity index (χ1v) is 11.5. The molecule has 0 bridgehead atoms. The molecule has 172 valence electrons. The van der Waals surface area contributed by atoms with Crippen molar-refractivity contribution in [2.24, 2.45) is 5.41 Å². The van der Waals surface area contributed by atoms with Crippen LogP contribution in [0.3, 0.4) is 0 Å². The van der Waals surface area contributed by atoms with E-state index in [1.165, 1.54) is 12.1 Å². The Morgan fingerprint density at radius 2 is 2.06 bits per heavy atom. The van der Waals surface area contributed by atoms with Crippen LogP contribution in [0.2, 0.25) is 0 Å². The minimum atomic E-state index is -0.487. The number of hydrogen-bond acceptors (Lipinski definition) is 4. The molecule has 2 saturated heterocycles. The molecule has 2 aromatic rings. The van der Waals surface area contributed by atoms with Crippen LogP contribution in [0.25, 0.3) is 11.1 Å². The minimum Gasteiger partial charge on any atom is -0.496 e. The van der Waals surface area contributed by atoms with Gasteiger partial charge in [-0.3, -0.25) is 4.79 Å². The normalized spacial score (nSPS) is 21.2. The maximum absolute atomic E-state index is 13.9. The average molecular weight is 441 g/mol. The summed E-state index contributed by atoms with van der Waals surface area (Å²) in [4.78, 5) is 15.8. The van der Waals surface area contributed by atoms with Crippen molar-refractivity contribution in [2.45, 2.75) is 38.1 Å². The number of methoxy groups -OCH3 is 1. The van der Waals surface area contributed by atoms with Crippen molar-refractivity contribution in [2.75, 3.05) is 40.5 Å². The Bertz CT molecular complexity index is 942. The van der Waals surface area contributed by atoms with Crippen molar-refractivity contribution in [3.8, 4) is 16.9 Å². The number of nitrogens with zero attached hydrogens (tertiary/aromatic N) is 1. The maximum Gasteiger partial charge on any atom is 0.226 e. The van der Waals surface area contributed by atoms with Crippen molar-refractivity contribution >= 4 is 5.91 Å². The van der Waals surface area contributed by atoms with Gasteiger partial charge in [-0.25, -0.2) is 4.39 Å². The Balaban J connectivity index is 1.58. The van der Waals surface area contributed by atoms with Crippen LogP contribution in [0.5, 0.6) is 5.75 Å². The number of halogens is 1. The van der Waals surface area contributed by atoms with Crippen LogP contribution in [0.15, 0.2) is 42.5 Å². The van der Waals surface area contributed by atoms with Crippen molar-refractivity contribution < 1.29 is 18.7 Å². The molecular formula is C26H33FN2O3. The summed E-state index contributed by atoms with van der Waals surface area (Å²) >= 11 is 0. The number of likely N-dealkylation sites (N-methyl/N-ethyl adjacent to an activating group) is 1. The van der Waals surface area contributed by atoms with Crippen molar-refractivity contribution in [1.29, 1.82) is 0 Å². The number of nitrogens with one attached hydrogen (secondary N) is 1. The Kier molecular flexibility index (Phi) is 7.11. The lowest BCUT2D eigenvalue weighted by molar-refractivity contribution is -0.137. The zero-order valence-electron chi connectivity index (χ0n) is 19.0. The molecule has 2 aliphatic heterocycles. The first-order valence-electron chi connectivity index (χ1n) is 11.5. The van der Waals surface area contributed by atoms with Crippen LogP contribution in [0.1, 0.15) is 31.2 Å². The highest BCUT2D eigenvalue weighted by Crippen LogP contribution is 2.37. The third-order valence-corrected chi connectivity index (χ3v) is 6.83. The van der Waals surface area contributed by atoms with Gasteiger partial charge in [0.15, 0.2) is 0 Å². The van der Waals surface area contributed by atoms with Gasteiger partial charge in [0.1, 0.15) is 11.6 Å². The van der Waals surface area contributed by atoms with E-state index in [-0.39, 0.29) is 17.8 Å². The summed E-state index contributed by atoms with van der Waals surface area (Å²) in [7, 11) is 3.69. The van der Waals surface area contributed by atoms with E-state index in [4.69, 9.17) is 9.47 Å². The van der Waals surface area contributed by atoms with Crippen LogP contribution in [-0.2, 0) is 16.0 Å². The summed E-state index contributed by atoms with van der Waals surface area (Å²) in [5.41, 5.74) is 2.17. The number of ether oxygens (including phenoxy) is 2. The molecule has 0 spiro atoms. The highest BCUT2D eigenvalue weighted by molar-refractivity contribution is 5.83. The van der Waals surface area contributed by atoms with Crippen LogP contribution in [-0.4, -0.2) is 57.3 Å². The zero-order valence-corrected chi connectivity index (χ0v) is 19.0. The fraction of sp³-hybridized carbons (Fsp3) is 0.500. The predicted molar refractivity (Wildman–Crippen MR) is 123 cm³/mol. The molecule has 1 amide bonds. The Morgan fingerprint density at radius 3 is 2.81 bits per heavy atom. The van der Waals surface area contributed by atoms with Gasteiger partial charge in [-0.2, -0.15) is 0 Å². The second kappa shape index (κ2) is 10.0. The molecule has 0 radical (unpaired) electrons. The van der Waals surface area contributed by atoms with Gasteiger partial charge < -0.3 is 19.7 Å². The standard InChI is InChI=1S/C26H33FN2O3/c1-29-12-4-7-22(18-29)28-25(30)26(10-13-32-14-11-26)17-19-5-3-6-20(15-19)23-16-21(27)8-9-24(23)31-2/h3,5-6,8-9,15-16,22H,4,7,10-14,17-18H2,1-2H3,(H,28,30). The van der Waals surface area contributed by atoms with Crippen LogP contribution < -0.4 is 10.1 Å². The van der Waals surface area contributed by atoms with Crippen molar-refractivity contribution in [3.63, 3.8) is 0 Å². The third-order valence-electron chi connectivity index (χ3n) is 6.83. The summed E-state index contributed by atoms with van der Waals surface area (Å²) in [5.74, 6) is 0.460. The summed E-state index contributed by atoms with van der Waals surface area (Å²) in [6, 6.07) is 12.8. The monoisotopic (exact) mass is 440 g/mol. The molecule has 5 nitrogen and oxygen atoms in total. The fourth-order valence-corrected chi connectivity index (χ4v) is 5.01. The number of carbonyl (C=O) groups is 1. The van der Waals surface area contributed by atoms with Gasteiger partial charge in [-0.15, -0.1) is 0 Å². The number of carbonyl (C=O) groups excluding carboxylic acids is 1. The second-order valence-corrected chi connectivity index (χ2v) is 9.19. The molecule has 6 heteroatoms. The fourth-order valence-electron chi connectivity index (χ4n) is 5.01. The van der Waals surface area contributed by atoms with Gasteiger partial charge in [0, 0.05) is 31.4 Å². The Labute approximate surface area is 189 Å². The highest BCUT2D eigenvalue weighted by Gasteiger charge is 2.41. The van der Waals surface area contributed by atoms with Crippen LogP contribution in [0, 0.1) is 11.2 Å². The molecule has 4 rings (SSSR count). The predicted octanol–water partition coefficient (Wildman–Crippen LogP) is 4.05. The van der Waals surface area contributed by atoms with E-state index in [9.17, 15) is 9.18 Å². The van der Waals surface area contributed by atoms with Gasteiger partial charge in [0.25, 0.3) is 0 Å². The Hall–Kier alpha value is -2.44. The number of benzene rings is 2. The molecule has 32 heavy (non-hydrogen) atoms. The lowest BCUT2D eigenvalue weighted by Gasteiger charge is -2.39. The van der Waals surface area contributed by atoms with Gasteiger partial charge in [-0.05, 0) is 75.0 Å². The van der Waals surface area contributed by atoms with Crippen molar-refractivity contribution in [3.05, 3.63) is 53.8 Å². The Morgan fingerprint density at radius 1 is 1.25 bits per heavy atom. The largest absolute Gasteiger partial charge is 0.496 e. The number of rotatable bonds is 6. The van der Waals surface area contributed by atoms with Gasteiger partial charge in [-0.1, -0.05) is 24.3 Å². The molecule has 2 aromatic carbocycles. The van der Waals surface area contributed by atoms with E-state index in [2.05, 4.69) is 23.3 Å². The summed E-state index contributed by atoms with van der Waals surface area (Å²) in [6.07, 6.45) is 4.17. The molecule has 0 saturated carbocycles. The molecular weight excluding hydrogens is 407 g/mol. The maximum atomic E-state index is 13.9. The molecule has 2 aliphatic rings. The second-order valence-electron chi connectivity index (χ2n) is 9.19. The third kappa shape index (κ3) is 5.13. The van der Waals surface area contributed by atoms with E-state index in [1.807, 2.05) is 18.2 Å². The minimum absolute atomic E-state index is 0.134. The van der Waals surface area contributed by atoms with E-state index in [0.717, 1.165) is 37.1 Å². The molecule has 2 fully saturated rings. The van der Waals surface area contributed by atoms with E-state index in [0.29, 0.717) is 43.8 Å². The zero-order chi connectivity index (χ0) is 22.6. The highest BCUT2D eigenvalue weighted by atomic mass is 19.1. The lowest BCUT2D eigenvalue weighted by Crippen LogP contribution is -2.53. The van der Waals surface area contributed by atoms with Gasteiger partial charge in [0.2, 0.25) is 5.91 Å². The van der Waals surface area contributed by atoms with Crippen molar-refractivity contribution in [1.82, 2.24) is 10.2 Å². The number of piperidine rings is 1. The first-order chi connectivity index (χ1) is 15.5. The smallest absolute Gasteiger partial charge is 0.226 e. The van der Waals surface area contributed by atoms with E-state index < -0.39 is 5.41 Å². The van der Waals surface area contributed by atoms with E-state index in [1.54, 1.807) is 13.2 Å². The molecule has 1 N–H and O–H groups in total. The van der Waals surface area contributed by atoms with Gasteiger partial charge >= 0.3 is 0 Å². The van der Waals surface area contributed by atoms with Gasteiger partial charge in [0.05, 0.1) is 12.5 Å². The number of hydrogen-bond donors (Lipinski definition) is 1. The quantitative estimate of drug-likeness (QED) is 0.736. The topological polar surface area (TPSA) is 50.8 Å². The number of likely N-dealkylation sites (tertiary alicyclic amines) is 1. The van der Waals surface area contributed by atoms with Crippen LogP contribution in [0.4, 0.5) is 4.39 Å².